The maximum Gasteiger partial charge on any atom is 0.242 e. The first kappa shape index (κ1) is 19.2. The Kier molecular flexibility index (Phi) is 6.72. The molecule has 138 valence electrons. The molecule has 0 aliphatic carbocycles. The molecule has 0 aliphatic rings. The van der Waals surface area contributed by atoms with E-state index in [-0.39, 0.29) is 11.2 Å². The van der Waals surface area contributed by atoms with Crippen molar-refractivity contribution in [1.82, 2.24) is 0 Å². The number of para-hydroxylation sites is 1. The normalized spacial score (nSPS) is 11.8. The molecule has 3 heteroatoms. The highest BCUT2D eigenvalue weighted by molar-refractivity contribution is 8.00. The van der Waals surface area contributed by atoms with Crippen LogP contribution >= 0.6 is 11.8 Å². The number of anilines is 1. The molecular formula is C24H25NOS. The summed E-state index contributed by atoms with van der Waals surface area (Å²) >= 11 is 1.58. The number of carbonyl (C=O) groups is 1. The van der Waals surface area contributed by atoms with Gasteiger partial charge in [0.15, 0.2) is 0 Å². The quantitative estimate of drug-likeness (QED) is 0.492. The molecule has 0 aliphatic heterocycles. The van der Waals surface area contributed by atoms with E-state index in [4.69, 9.17) is 0 Å². The van der Waals surface area contributed by atoms with E-state index in [9.17, 15) is 4.79 Å². The highest BCUT2D eigenvalue weighted by atomic mass is 32.2. The predicted octanol–water partition coefficient (Wildman–Crippen LogP) is 6.28. The third kappa shape index (κ3) is 4.81. The molecule has 0 bridgehead atoms. The standard InChI is InChI=1S/C24H25NOS/c1-3-18-14-11-15-19(4-2)22(18)25-24(26)23(20-12-7-5-8-13-20)27-21-16-9-6-10-17-21/h5-17,23H,3-4H2,1-2H3,(H,25,26). The number of hydrogen-bond acceptors (Lipinski definition) is 2. The van der Waals surface area contributed by atoms with Crippen LogP contribution < -0.4 is 5.32 Å². The Bertz CT molecular complexity index is 855. The number of carbonyl (C=O) groups excluding carboxylic acids is 1. The van der Waals surface area contributed by atoms with Gasteiger partial charge in [-0.3, -0.25) is 4.79 Å². The van der Waals surface area contributed by atoms with Gasteiger partial charge in [-0.15, -0.1) is 11.8 Å². The van der Waals surface area contributed by atoms with Gasteiger partial charge in [0.05, 0.1) is 0 Å². The van der Waals surface area contributed by atoms with Crippen LogP contribution in [0.4, 0.5) is 5.69 Å². The van der Waals surface area contributed by atoms with E-state index in [0.29, 0.717) is 0 Å². The summed E-state index contributed by atoms with van der Waals surface area (Å²) in [6.45, 7) is 4.25. The fraction of sp³-hybridized carbons (Fsp3) is 0.208. The molecule has 0 saturated carbocycles. The highest BCUT2D eigenvalue weighted by Gasteiger charge is 2.23. The fourth-order valence-corrected chi connectivity index (χ4v) is 4.17. The maximum atomic E-state index is 13.3. The molecule has 27 heavy (non-hydrogen) atoms. The van der Waals surface area contributed by atoms with E-state index in [1.165, 1.54) is 11.1 Å². The summed E-state index contributed by atoms with van der Waals surface area (Å²) < 4.78 is 0. The molecule has 0 saturated heterocycles. The van der Waals surface area contributed by atoms with E-state index in [1.807, 2.05) is 60.7 Å². The van der Waals surface area contributed by atoms with Gasteiger partial charge in [0.25, 0.3) is 0 Å². The van der Waals surface area contributed by atoms with Gasteiger partial charge < -0.3 is 5.32 Å². The minimum atomic E-state index is -0.303. The van der Waals surface area contributed by atoms with Crippen molar-refractivity contribution in [2.75, 3.05) is 5.32 Å². The number of hydrogen-bond donors (Lipinski definition) is 1. The van der Waals surface area contributed by atoms with Crippen molar-refractivity contribution in [3.63, 3.8) is 0 Å². The monoisotopic (exact) mass is 375 g/mol. The van der Waals surface area contributed by atoms with Crippen LogP contribution in [0.25, 0.3) is 0 Å². The largest absolute Gasteiger partial charge is 0.324 e. The van der Waals surface area contributed by atoms with Gasteiger partial charge in [-0.05, 0) is 41.7 Å². The molecule has 2 nitrogen and oxygen atoms in total. The highest BCUT2D eigenvalue weighted by Crippen LogP contribution is 2.36. The third-order valence-corrected chi connectivity index (χ3v) is 5.85. The van der Waals surface area contributed by atoms with Crippen LogP contribution in [0.1, 0.15) is 35.8 Å². The third-order valence-electron chi connectivity index (χ3n) is 4.58. The summed E-state index contributed by atoms with van der Waals surface area (Å²) in [5.41, 5.74) is 4.34. The van der Waals surface area contributed by atoms with E-state index in [0.717, 1.165) is 29.0 Å². The average molecular weight is 376 g/mol. The summed E-state index contributed by atoms with van der Waals surface area (Å²) in [7, 11) is 0. The van der Waals surface area contributed by atoms with E-state index < -0.39 is 0 Å². The van der Waals surface area contributed by atoms with Gasteiger partial charge >= 0.3 is 0 Å². The summed E-state index contributed by atoms with van der Waals surface area (Å²) in [5, 5.41) is 2.94. The smallest absolute Gasteiger partial charge is 0.242 e. The first-order valence-electron chi connectivity index (χ1n) is 9.41. The minimum Gasteiger partial charge on any atom is -0.324 e. The molecule has 3 rings (SSSR count). The van der Waals surface area contributed by atoms with Crippen LogP contribution in [-0.4, -0.2) is 5.91 Å². The first-order valence-corrected chi connectivity index (χ1v) is 10.3. The molecule has 1 atom stereocenters. The summed E-state index contributed by atoms with van der Waals surface area (Å²) in [4.78, 5) is 14.4. The van der Waals surface area contributed by atoms with Gasteiger partial charge in [-0.2, -0.15) is 0 Å². The van der Waals surface area contributed by atoms with E-state index >= 15 is 0 Å². The zero-order chi connectivity index (χ0) is 19.1. The van der Waals surface area contributed by atoms with Gasteiger partial charge in [0.1, 0.15) is 5.25 Å². The Morgan fingerprint density at radius 1 is 0.815 bits per heavy atom. The van der Waals surface area contributed by atoms with Crippen molar-refractivity contribution in [2.24, 2.45) is 0 Å². The van der Waals surface area contributed by atoms with Crippen molar-refractivity contribution in [1.29, 1.82) is 0 Å². The number of rotatable bonds is 7. The second kappa shape index (κ2) is 9.43. The molecule has 3 aromatic carbocycles. The second-order valence-electron chi connectivity index (χ2n) is 6.37. The Hall–Kier alpha value is -2.52. The first-order chi connectivity index (χ1) is 13.2. The lowest BCUT2D eigenvalue weighted by molar-refractivity contribution is -0.115. The van der Waals surface area contributed by atoms with Crippen LogP contribution in [0.15, 0.2) is 83.8 Å². The molecule has 0 aromatic heterocycles. The summed E-state index contributed by atoms with van der Waals surface area (Å²) in [5.74, 6) is 0.0191. The van der Waals surface area contributed by atoms with Gasteiger partial charge in [-0.25, -0.2) is 0 Å². The van der Waals surface area contributed by atoms with Crippen LogP contribution in [0.5, 0.6) is 0 Å². The molecule has 0 heterocycles. The van der Waals surface area contributed by atoms with E-state index in [2.05, 4.69) is 37.4 Å². The maximum absolute atomic E-state index is 13.3. The summed E-state index contributed by atoms with van der Waals surface area (Å²) in [6, 6.07) is 26.3. The Balaban J connectivity index is 1.92. The van der Waals surface area contributed by atoms with Gasteiger partial charge in [-0.1, -0.05) is 80.6 Å². The SMILES string of the molecule is CCc1cccc(CC)c1NC(=O)C(Sc1ccccc1)c1ccccc1. The Morgan fingerprint density at radius 3 is 1.93 bits per heavy atom. The van der Waals surface area contributed by atoms with Crippen molar-refractivity contribution in [2.45, 2.75) is 36.8 Å². The average Bonchev–Trinajstić information content (AvgIpc) is 2.73. The lowest BCUT2D eigenvalue weighted by Crippen LogP contribution is -2.20. The molecular weight excluding hydrogens is 350 g/mol. The molecule has 0 spiro atoms. The van der Waals surface area contributed by atoms with Crippen LogP contribution in [0.2, 0.25) is 0 Å². The lowest BCUT2D eigenvalue weighted by Gasteiger charge is -2.20. The molecule has 0 fully saturated rings. The number of benzene rings is 3. The summed E-state index contributed by atoms with van der Waals surface area (Å²) in [6.07, 6.45) is 1.79. The fourth-order valence-electron chi connectivity index (χ4n) is 3.13. The molecule has 1 amide bonds. The minimum absolute atomic E-state index is 0.0191. The van der Waals surface area contributed by atoms with Crippen molar-refractivity contribution < 1.29 is 4.79 Å². The van der Waals surface area contributed by atoms with Crippen molar-refractivity contribution >= 4 is 23.4 Å². The lowest BCUT2D eigenvalue weighted by atomic mass is 10.0. The molecule has 3 aromatic rings. The van der Waals surface area contributed by atoms with Gasteiger partial charge in [0, 0.05) is 10.6 Å². The molecule has 1 N–H and O–H groups in total. The van der Waals surface area contributed by atoms with Gasteiger partial charge in [0.2, 0.25) is 5.91 Å². The Labute approximate surface area is 166 Å². The Morgan fingerprint density at radius 2 is 1.37 bits per heavy atom. The number of nitrogens with one attached hydrogen (secondary N) is 1. The van der Waals surface area contributed by atoms with Crippen LogP contribution in [0, 0.1) is 0 Å². The molecule has 1 unspecified atom stereocenters. The number of thioether (sulfide) groups is 1. The van der Waals surface area contributed by atoms with Crippen molar-refractivity contribution in [3.8, 4) is 0 Å². The molecule has 0 radical (unpaired) electrons. The number of amides is 1. The van der Waals surface area contributed by atoms with Crippen LogP contribution in [-0.2, 0) is 17.6 Å². The zero-order valence-electron chi connectivity index (χ0n) is 15.8. The second-order valence-corrected chi connectivity index (χ2v) is 7.55. The van der Waals surface area contributed by atoms with Crippen LogP contribution in [0.3, 0.4) is 0 Å². The topological polar surface area (TPSA) is 29.1 Å². The van der Waals surface area contributed by atoms with Crippen molar-refractivity contribution in [3.05, 3.63) is 95.6 Å². The van der Waals surface area contributed by atoms with E-state index in [1.54, 1.807) is 11.8 Å². The predicted molar refractivity (Wildman–Crippen MR) is 115 cm³/mol. The number of aryl methyl sites for hydroxylation is 2. The zero-order valence-corrected chi connectivity index (χ0v) is 16.6.